The molecular weight excluding hydrogens is 360 g/mol. The van der Waals surface area contributed by atoms with Gasteiger partial charge >= 0.3 is 0 Å². The number of Topliss-reactive ketones (excluding diaryl/α,β-unsaturated/α-hetero) is 1. The van der Waals surface area contributed by atoms with E-state index in [1.807, 2.05) is 36.4 Å². The minimum Gasteiger partial charge on any atom is -0.481 e. The Bertz CT molecular complexity index is 934. The first-order valence-corrected chi connectivity index (χ1v) is 10.0. The summed E-state index contributed by atoms with van der Waals surface area (Å²) in [6.45, 7) is 3.22. The van der Waals surface area contributed by atoms with Gasteiger partial charge in [-0.2, -0.15) is 0 Å². The van der Waals surface area contributed by atoms with Gasteiger partial charge in [0, 0.05) is 43.0 Å². The van der Waals surface area contributed by atoms with Gasteiger partial charge in [-0.05, 0) is 42.2 Å². The number of aromatic nitrogens is 1. The second-order valence-corrected chi connectivity index (χ2v) is 7.14. The van der Waals surface area contributed by atoms with Crippen LogP contribution in [0.15, 0.2) is 66.9 Å². The molecule has 0 amide bonds. The SMILES string of the molecule is CCCN(C)c1ccc(-c2ccc(C(=O)CCc3cccnc3OC)cc2)cc1. The number of hydrogen-bond acceptors (Lipinski definition) is 4. The van der Waals surface area contributed by atoms with Gasteiger partial charge in [0.05, 0.1) is 7.11 Å². The number of carbonyl (C=O) groups excluding carboxylic acids is 1. The molecular formula is C25H28N2O2. The second kappa shape index (κ2) is 9.87. The molecule has 1 heterocycles. The first-order chi connectivity index (χ1) is 14.1. The van der Waals surface area contributed by atoms with E-state index in [-0.39, 0.29) is 5.78 Å². The van der Waals surface area contributed by atoms with E-state index in [9.17, 15) is 4.79 Å². The van der Waals surface area contributed by atoms with Crippen molar-refractivity contribution in [3.8, 4) is 17.0 Å². The lowest BCUT2D eigenvalue weighted by atomic mass is 9.99. The Labute approximate surface area is 173 Å². The number of ketones is 1. The second-order valence-electron chi connectivity index (χ2n) is 7.14. The standard InChI is InChI=1S/C25H28N2O2/c1-4-18-27(2)23-14-11-20(12-15-23)19-7-9-21(10-8-19)24(28)16-13-22-6-5-17-26-25(22)29-3/h5-12,14-15,17H,4,13,16,18H2,1-3H3. The van der Waals surface area contributed by atoms with Crippen molar-refractivity contribution in [2.24, 2.45) is 0 Å². The highest BCUT2D eigenvalue weighted by Crippen LogP contribution is 2.24. The van der Waals surface area contributed by atoms with E-state index in [0.29, 0.717) is 18.7 Å². The molecule has 0 saturated heterocycles. The first-order valence-electron chi connectivity index (χ1n) is 10.0. The maximum absolute atomic E-state index is 12.6. The van der Waals surface area contributed by atoms with Crippen molar-refractivity contribution >= 4 is 11.5 Å². The summed E-state index contributed by atoms with van der Waals surface area (Å²) in [5.74, 6) is 0.711. The van der Waals surface area contributed by atoms with Crippen molar-refractivity contribution in [3.05, 3.63) is 78.0 Å². The number of benzene rings is 2. The average Bonchev–Trinajstić information content (AvgIpc) is 2.78. The summed E-state index contributed by atoms with van der Waals surface area (Å²) in [4.78, 5) is 19.0. The third-order valence-electron chi connectivity index (χ3n) is 5.07. The quantitative estimate of drug-likeness (QED) is 0.459. The molecule has 150 valence electrons. The Morgan fingerprint density at radius 2 is 1.66 bits per heavy atom. The third-order valence-corrected chi connectivity index (χ3v) is 5.07. The number of ether oxygens (including phenoxy) is 1. The molecule has 4 nitrogen and oxygen atoms in total. The van der Waals surface area contributed by atoms with Crippen LogP contribution in [0.25, 0.3) is 11.1 Å². The summed E-state index contributed by atoms with van der Waals surface area (Å²) < 4.78 is 5.26. The van der Waals surface area contributed by atoms with E-state index in [1.165, 1.54) is 5.69 Å². The number of rotatable bonds is 9. The van der Waals surface area contributed by atoms with Gasteiger partial charge in [0.1, 0.15) is 0 Å². The Kier molecular flexibility index (Phi) is 7.01. The minimum absolute atomic E-state index is 0.124. The molecule has 0 aliphatic carbocycles. The van der Waals surface area contributed by atoms with Gasteiger partial charge in [-0.15, -0.1) is 0 Å². The Morgan fingerprint density at radius 1 is 1.00 bits per heavy atom. The van der Waals surface area contributed by atoms with E-state index in [2.05, 4.69) is 48.1 Å². The third kappa shape index (κ3) is 5.23. The summed E-state index contributed by atoms with van der Waals surface area (Å²) in [5, 5.41) is 0. The van der Waals surface area contributed by atoms with Gasteiger partial charge < -0.3 is 9.64 Å². The molecule has 2 aromatic carbocycles. The summed E-state index contributed by atoms with van der Waals surface area (Å²) in [7, 11) is 3.71. The molecule has 0 unspecified atom stereocenters. The Balaban J connectivity index is 1.64. The van der Waals surface area contributed by atoms with Crippen LogP contribution in [0, 0.1) is 0 Å². The van der Waals surface area contributed by atoms with Crippen molar-refractivity contribution < 1.29 is 9.53 Å². The molecule has 0 spiro atoms. The molecule has 0 aliphatic rings. The molecule has 0 radical (unpaired) electrons. The molecule has 1 aromatic heterocycles. The number of anilines is 1. The summed E-state index contributed by atoms with van der Waals surface area (Å²) >= 11 is 0. The smallest absolute Gasteiger partial charge is 0.216 e. The molecule has 0 N–H and O–H groups in total. The van der Waals surface area contributed by atoms with Crippen LogP contribution in [0.5, 0.6) is 5.88 Å². The maximum atomic E-state index is 12.6. The van der Waals surface area contributed by atoms with Crippen LogP contribution in [0.2, 0.25) is 0 Å². The zero-order valence-electron chi connectivity index (χ0n) is 17.4. The van der Waals surface area contributed by atoms with Gasteiger partial charge in [-0.3, -0.25) is 4.79 Å². The van der Waals surface area contributed by atoms with Gasteiger partial charge in [-0.1, -0.05) is 49.4 Å². The molecule has 4 heteroatoms. The molecule has 3 rings (SSSR count). The van der Waals surface area contributed by atoms with Crippen LogP contribution in [-0.4, -0.2) is 31.5 Å². The highest BCUT2D eigenvalue weighted by atomic mass is 16.5. The number of aryl methyl sites for hydroxylation is 1. The molecule has 0 fully saturated rings. The van der Waals surface area contributed by atoms with Crippen LogP contribution in [0.1, 0.15) is 35.7 Å². The molecule has 29 heavy (non-hydrogen) atoms. The topological polar surface area (TPSA) is 42.4 Å². The van der Waals surface area contributed by atoms with Gasteiger partial charge in [-0.25, -0.2) is 4.98 Å². The minimum atomic E-state index is 0.124. The van der Waals surface area contributed by atoms with Crippen molar-refractivity contribution in [1.82, 2.24) is 4.98 Å². The highest BCUT2D eigenvalue weighted by molar-refractivity contribution is 5.96. The number of carbonyl (C=O) groups is 1. The fraction of sp³-hybridized carbons (Fsp3) is 0.280. The number of nitrogens with zero attached hydrogens (tertiary/aromatic N) is 2. The molecule has 0 aliphatic heterocycles. The van der Waals surface area contributed by atoms with Crippen molar-refractivity contribution in [2.75, 3.05) is 25.6 Å². The molecule has 0 atom stereocenters. The van der Waals surface area contributed by atoms with E-state index in [4.69, 9.17) is 4.74 Å². The maximum Gasteiger partial charge on any atom is 0.216 e. The predicted octanol–water partition coefficient (Wildman–Crippen LogP) is 5.42. The fourth-order valence-electron chi connectivity index (χ4n) is 3.41. The average molecular weight is 389 g/mol. The predicted molar refractivity (Wildman–Crippen MR) is 119 cm³/mol. The zero-order valence-corrected chi connectivity index (χ0v) is 17.4. The summed E-state index contributed by atoms with van der Waals surface area (Å²) in [5.41, 5.74) is 5.16. The number of hydrogen-bond donors (Lipinski definition) is 0. The molecule has 0 bridgehead atoms. The van der Waals surface area contributed by atoms with Crippen molar-refractivity contribution in [3.63, 3.8) is 0 Å². The first kappa shape index (κ1) is 20.6. The van der Waals surface area contributed by atoms with Crippen LogP contribution in [-0.2, 0) is 6.42 Å². The van der Waals surface area contributed by atoms with Crippen LogP contribution >= 0.6 is 0 Å². The molecule has 3 aromatic rings. The normalized spacial score (nSPS) is 10.6. The van der Waals surface area contributed by atoms with Crippen LogP contribution < -0.4 is 9.64 Å². The largest absolute Gasteiger partial charge is 0.481 e. The lowest BCUT2D eigenvalue weighted by molar-refractivity contribution is 0.0982. The number of methoxy groups -OCH3 is 1. The zero-order chi connectivity index (χ0) is 20.6. The van der Waals surface area contributed by atoms with E-state index in [0.717, 1.165) is 35.2 Å². The Morgan fingerprint density at radius 3 is 2.28 bits per heavy atom. The summed E-state index contributed by atoms with van der Waals surface area (Å²) in [6.07, 6.45) is 3.86. The van der Waals surface area contributed by atoms with Crippen molar-refractivity contribution in [1.29, 1.82) is 0 Å². The van der Waals surface area contributed by atoms with Gasteiger partial charge in [0.15, 0.2) is 5.78 Å². The summed E-state index contributed by atoms with van der Waals surface area (Å²) in [6, 6.07) is 20.2. The number of pyridine rings is 1. The van der Waals surface area contributed by atoms with E-state index >= 15 is 0 Å². The highest BCUT2D eigenvalue weighted by Gasteiger charge is 2.10. The van der Waals surface area contributed by atoms with Gasteiger partial charge in [0.2, 0.25) is 5.88 Å². The van der Waals surface area contributed by atoms with Gasteiger partial charge in [0.25, 0.3) is 0 Å². The van der Waals surface area contributed by atoms with Crippen molar-refractivity contribution in [2.45, 2.75) is 26.2 Å². The Hall–Kier alpha value is -3.14. The fourth-order valence-corrected chi connectivity index (χ4v) is 3.41. The van der Waals surface area contributed by atoms with E-state index < -0.39 is 0 Å². The van der Waals surface area contributed by atoms with Crippen LogP contribution in [0.4, 0.5) is 5.69 Å². The molecule has 0 saturated carbocycles. The monoisotopic (exact) mass is 388 g/mol. The lowest BCUT2D eigenvalue weighted by Gasteiger charge is -2.18. The lowest BCUT2D eigenvalue weighted by Crippen LogP contribution is -2.17. The van der Waals surface area contributed by atoms with E-state index in [1.54, 1.807) is 13.3 Å². The van der Waals surface area contributed by atoms with Crippen LogP contribution in [0.3, 0.4) is 0 Å².